The molecule has 0 atom stereocenters. The summed E-state index contributed by atoms with van der Waals surface area (Å²) in [6.07, 6.45) is 4.94. The third-order valence-electron chi connectivity index (χ3n) is 3.44. The molecule has 7 heteroatoms. The van der Waals surface area contributed by atoms with Crippen molar-refractivity contribution in [2.75, 3.05) is 6.26 Å². The second kappa shape index (κ2) is 7.64. The van der Waals surface area contributed by atoms with Crippen LogP contribution in [0, 0.1) is 11.3 Å². The topological polar surface area (TPSA) is 91.7 Å². The number of ether oxygens (including phenoxy) is 1. The Balaban J connectivity index is 1.93. The van der Waals surface area contributed by atoms with Crippen molar-refractivity contribution >= 4 is 11.8 Å². The van der Waals surface area contributed by atoms with E-state index in [0.717, 1.165) is 5.56 Å². The molecule has 124 valence electrons. The second-order valence-corrected chi connectivity index (χ2v) is 5.89. The number of nitrogens with zero attached hydrogens (tertiary/aromatic N) is 3. The van der Waals surface area contributed by atoms with E-state index in [1.807, 2.05) is 36.4 Å². The van der Waals surface area contributed by atoms with E-state index in [-0.39, 0.29) is 5.56 Å². The third kappa shape index (κ3) is 3.87. The summed E-state index contributed by atoms with van der Waals surface area (Å²) in [5, 5.41) is 9.72. The molecule has 0 fully saturated rings. The number of pyridine rings is 1. The lowest BCUT2D eigenvalue weighted by Gasteiger charge is -2.09. The smallest absolute Gasteiger partial charge is 0.270 e. The first kappa shape index (κ1) is 16.7. The second-order valence-electron chi connectivity index (χ2n) is 5.09. The third-order valence-corrected chi connectivity index (χ3v) is 4.02. The predicted molar refractivity (Wildman–Crippen MR) is 95.4 cm³/mol. The van der Waals surface area contributed by atoms with Gasteiger partial charge in [-0.2, -0.15) is 5.26 Å². The van der Waals surface area contributed by atoms with Crippen LogP contribution in [0.25, 0.3) is 11.3 Å². The van der Waals surface area contributed by atoms with Crippen LogP contribution in [0.4, 0.5) is 0 Å². The number of thioether (sulfide) groups is 1. The fourth-order valence-corrected chi connectivity index (χ4v) is 2.61. The molecule has 0 bridgehead atoms. The van der Waals surface area contributed by atoms with Crippen molar-refractivity contribution in [1.29, 1.82) is 5.26 Å². The van der Waals surface area contributed by atoms with Crippen LogP contribution in [0.15, 0.2) is 58.7 Å². The highest BCUT2D eigenvalue weighted by Gasteiger charge is 2.14. The molecule has 25 heavy (non-hydrogen) atoms. The van der Waals surface area contributed by atoms with Gasteiger partial charge in [0.15, 0.2) is 5.16 Å². The van der Waals surface area contributed by atoms with Crippen LogP contribution in [0.2, 0.25) is 0 Å². The highest BCUT2D eigenvalue weighted by atomic mass is 32.2. The van der Waals surface area contributed by atoms with Crippen LogP contribution >= 0.6 is 11.8 Å². The summed E-state index contributed by atoms with van der Waals surface area (Å²) in [6, 6.07) is 13.4. The largest absolute Gasteiger partial charge is 0.487 e. The maximum atomic E-state index is 12.0. The van der Waals surface area contributed by atoms with Crippen LogP contribution in [-0.2, 0) is 6.61 Å². The minimum absolute atomic E-state index is 0.0418. The average Bonchev–Trinajstić information content (AvgIpc) is 2.66. The zero-order valence-electron chi connectivity index (χ0n) is 13.4. The summed E-state index contributed by atoms with van der Waals surface area (Å²) in [7, 11) is 0. The van der Waals surface area contributed by atoms with Gasteiger partial charge in [0.1, 0.15) is 24.0 Å². The first-order chi connectivity index (χ1) is 12.2. The molecular formula is C18H14N4O2S. The summed E-state index contributed by atoms with van der Waals surface area (Å²) in [6.45, 7) is 0.399. The Labute approximate surface area is 148 Å². The number of rotatable bonds is 5. The van der Waals surface area contributed by atoms with E-state index >= 15 is 0 Å². The molecule has 3 aromatic rings. The summed E-state index contributed by atoms with van der Waals surface area (Å²) >= 11 is 1.29. The molecule has 2 aromatic heterocycles. The molecule has 0 radical (unpaired) electrons. The van der Waals surface area contributed by atoms with Crippen molar-refractivity contribution in [1.82, 2.24) is 15.0 Å². The van der Waals surface area contributed by atoms with Gasteiger partial charge in [-0.1, -0.05) is 42.1 Å². The van der Waals surface area contributed by atoms with Crippen LogP contribution in [-0.4, -0.2) is 21.2 Å². The Bertz CT molecular complexity index is 980. The molecule has 1 aromatic carbocycles. The number of aromatic nitrogens is 3. The summed E-state index contributed by atoms with van der Waals surface area (Å²) < 4.78 is 5.75. The van der Waals surface area contributed by atoms with Gasteiger partial charge < -0.3 is 9.72 Å². The molecule has 3 rings (SSSR count). The van der Waals surface area contributed by atoms with Gasteiger partial charge in [0, 0.05) is 11.8 Å². The van der Waals surface area contributed by atoms with E-state index in [1.165, 1.54) is 11.8 Å². The lowest BCUT2D eigenvalue weighted by atomic mass is 10.1. The molecule has 0 amide bonds. The summed E-state index contributed by atoms with van der Waals surface area (Å²) in [5.74, 6) is 0.540. The van der Waals surface area contributed by atoms with Crippen molar-refractivity contribution in [3.05, 3.63) is 70.3 Å². The van der Waals surface area contributed by atoms with E-state index in [0.29, 0.717) is 28.8 Å². The quantitative estimate of drug-likeness (QED) is 0.562. The molecule has 0 aliphatic heterocycles. The van der Waals surface area contributed by atoms with E-state index in [1.54, 1.807) is 24.7 Å². The number of nitrogens with one attached hydrogen (secondary N) is 1. The van der Waals surface area contributed by atoms with Gasteiger partial charge >= 0.3 is 0 Å². The minimum atomic E-state index is -0.465. The molecule has 2 heterocycles. The highest BCUT2D eigenvalue weighted by Crippen LogP contribution is 2.24. The first-order valence-electron chi connectivity index (χ1n) is 7.42. The molecule has 0 aliphatic rings. The van der Waals surface area contributed by atoms with Gasteiger partial charge in [-0.15, -0.1) is 0 Å². The zero-order chi connectivity index (χ0) is 17.6. The van der Waals surface area contributed by atoms with Crippen molar-refractivity contribution in [3.63, 3.8) is 0 Å². The molecule has 0 aliphatic carbocycles. The van der Waals surface area contributed by atoms with Gasteiger partial charge in [0.2, 0.25) is 0 Å². The Morgan fingerprint density at radius 1 is 1.28 bits per heavy atom. The maximum absolute atomic E-state index is 12.0. The fraction of sp³-hybridized carbons (Fsp3) is 0.111. The van der Waals surface area contributed by atoms with E-state index < -0.39 is 5.56 Å². The van der Waals surface area contributed by atoms with Gasteiger partial charge in [-0.25, -0.2) is 4.98 Å². The Morgan fingerprint density at radius 2 is 2.08 bits per heavy atom. The number of H-pyrrole nitrogens is 1. The number of nitriles is 1. The summed E-state index contributed by atoms with van der Waals surface area (Å²) in [5.41, 5.74) is 1.38. The lowest BCUT2D eigenvalue weighted by molar-refractivity contribution is 0.305. The number of aromatic amines is 1. The molecule has 0 saturated heterocycles. The van der Waals surface area contributed by atoms with Crippen molar-refractivity contribution in [3.8, 4) is 23.1 Å². The normalized spacial score (nSPS) is 10.2. The van der Waals surface area contributed by atoms with Gasteiger partial charge in [0.05, 0.1) is 11.9 Å². The standard InChI is InChI=1S/C18H14N4O2S/c1-25-18-21-16(15(8-19)17(23)22-18)13-7-14(10-20-9-13)24-11-12-5-3-2-4-6-12/h2-7,9-10H,11H2,1H3,(H,21,22,23). The Hall–Kier alpha value is -3.11. The maximum Gasteiger partial charge on any atom is 0.270 e. The SMILES string of the molecule is CSc1nc(-c2cncc(OCc3ccccc3)c2)c(C#N)c(=O)[nH]1. The van der Waals surface area contributed by atoms with Gasteiger partial charge in [-0.3, -0.25) is 9.78 Å². The van der Waals surface area contributed by atoms with Crippen molar-refractivity contribution in [2.24, 2.45) is 0 Å². The molecule has 0 spiro atoms. The molecular weight excluding hydrogens is 336 g/mol. The summed E-state index contributed by atoms with van der Waals surface area (Å²) in [4.78, 5) is 23.1. The number of benzene rings is 1. The first-order valence-corrected chi connectivity index (χ1v) is 8.64. The van der Waals surface area contributed by atoms with Crippen LogP contribution in [0.3, 0.4) is 0 Å². The fourth-order valence-electron chi connectivity index (χ4n) is 2.23. The number of hydrogen-bond donors (Lipinski definition) is 1. The monoisotopic (exact) mass is 350 g/mol. The number of hydrogen-bond acceptors (Lipinski definition) is 6. The van der Waals surface area contributed by atoms with Crippen molar-refractivity contribution in [2.45, 2.75) is 11.8 Å². The van der Waals surface area contributed by atoms with E-state index in [2.05, 4.69) is 15.0 Å². The van der Waals surface area contributed by atoms with E-state index in [4.69, 9.17) is 4.74 Å². The Kier molecular flexibility index (Phi) is 5.11. The van der Waals surface area contributed by atoms with Crippen LogP contribution < -0.4 is 10.3 Å². The molecule has 6 nitrogen and oxygen atoms in total. The molecule has 0 unspecified atom stereocenters. The highest BCUT2D eigenvalue weighted by molar-refractivity contribution is 7.98. The van der Waals surface area contributed by atoms with Crippen LogP contribution in [0.5, 0.6) is 5.75 Å². The zero-order valence-corrected chi connectivity index (χ0v) is 14.2. The molecule has 1 N–H and O–H groups in total. The van der Waals surface area contributed by atoms with Crippen LogP contribution in [0.1, 0.15) is 11.1 Å². The average molecular weight is 350 g/mol. The minimum Gasteiger partial charge on any atom is -0.487 e. The van der Waals surface area contributed by atoms with Gasteiger partial charge in [-0.05, 0) is 17.9 Å². The van der Waals surface area contributed by atoms with Gasteiger partial charge in [0.25, 0.3) is 5.56 Å². The van der Waals surface area contributed by atoms with Crippen molar-refractivity contribution < 1.29 is 4.74 Å². The Morgan fingerprint density at radius 3 is 2.80 bits per heavy atom. The predicted octanol–water partition coefficient (Wildman–Crippen LogP) is 3.00. The molecule has 0 saturated carbocycles. The lowest BCUT2D eigenvalue weighted by Crippen LogP contribution is -2.14. The van der Waals surface area contributed by atoms with E-state index in [9.17, 15) is 10.1 Å².